The van der Waals surface area contributed by atoms with Crippen LogP contribution in [0.4, 0.5) is 0 Å². The van der Waals surface area contributed by atoms with Gasteiger partial charge in [-0.05, 0) is 56.5 Å². The van der Waals surface area contributed by atoms with Crippen LogP contribution >= 0.6 is 0 Å². The van der Waals surface area contributed by atoms with Gasteiger partial charge in [-0.25, -0.2) is 13.2 Å². The fraction of sp³-hybridized carbons (Fsp3) is 0.455. The third kappa shape index (κ3) is 4.58. The lowest BCUT2D eigenvalue weighted by molar-refractivity contribution is -0.895. The zero-order valence-corrected chi connectivity index (χ0v) is 19.5. The molecule has 0 aliphatic carbocycles. The summed E-state index contributed by atoms with van der Waals surface area (Å²) in [4.78, 5) is 29.1. The number of nitrogens with zero attached hydrogens (tertiary/aromatic N) is 1. The normalized spacial score (nSPS) is 15.8. The Labute approximate surface area is 183 Å². The van der Waals surface area contributed by atoms with Gasteiger partial charge in [0.15, 0.2) is 0 Å². The molecule has 31 heavy (non-hydrogen) atoms. The van der Waals surface area contributed by atoms with E-state index >= 15 is 0 Å². The Morgan fingerprint density at radius 3 is 2.32 bits per heavy atom. The molecule has 2 heterocycles. The molecule has 0 radical (unpaired) electrons. The second-order valence-corrected chi connectivity index (χ2v) is 10.1. The van der Waals surface area contributed by atoms with Gasteiger partial charge in [0.2, 0.25) is 15.8 Å². The zero-order chi connectivity index (χ0) is 22.9. The Kier molecular flexibility index (Phi) is 6.68. The van der Waals surface area contributed by atoms with Crippen molar-refractivity contribution in [1.29, 1.82) is 0 Å². The molecule has 0 saturated carbocycles. The number of piperazine rings is 1. The Bertz CT molecular complexity index is 1110. The minimum atomic E-state index is -3.55. The number of H-pyrrole nitrogens is 1. The molecule has 1 fully saturated rings. The van der Waals surface area contributed by atoms with Gasteiger partial charge in [-0.1, -0.05) is 6.07 Å². The average molecular weight is 449 g/mol. The lowest BCUT2D eigenvalue weighted by atomic mass is 10.1. The number of hydrogen-bond acceptors (Lipinski definition) is 5. The number of ether oxygens (including phenoxy) is 1. The van der Waals surface area contributed by atoms with Gasteiger partial charge in [-0.2, -0.15) is 4.31 Å². The van der Waals surface area contributed by atoms with Crippen LogP contribution in [0.5, 0.6) is 0 Å². The van der Waals surface area contributed by atoms with Gasteiger partial charge in [0.25, 0.3) is 0 Å². The van der Waals surface area contributed by atoms with Crippen molar-refractivity contribution >= 4 is 21.8 Å². The van der Waals surface area contributed by atoms with Crippen molar-refractivity contribution in [2.75, 3.05) is 39.8 Å². The molecular weight excluding hydrogens is 418 g/mol. The van der Waals surface area contributed by atoms with E-state index in [1.165, 1.54) is 11.4 Å². The highest BCUT2D eigenvalue weighted by Gasteiger charge is 2.32. The highest BCUT2D eigenvalue weighted by atomic mass is 32.2. The second kappa shape index (κ2) is 8.94. The number of aromatic nitrogens is 1. The number of benzene rings is 1. The Morgan fingerprint density at radius 2 is 1.74 bits per heavy atom. The number of Topliss-reactive ketones (excluding diaryl/α,β-unsaturated/α-hetero) is 1. The molecule has 1 saturated heterocycles. The van der Waals surface area contributed by atoms with Gasteiger partial charge in [0.05, 0.1) is 49.4 Å². The van der Waals surface area contributed by atoms with Crippen LogP contribution in [-0.2, 0) is 14.8 Å². The monoisotopic (exact) mass is 448 g/mol. The predicted molar refractivity (Wildman–Crippen MR) is 116 cm³/mol. The van der Waals surface area contributed by atoms with Crippen molar-refractivity contribution in [3.63, 3.8) is 0 Å². The number of sulfonamides is 1. The number of carbonyl (C=O) groups is 2. The first-order valence-corrected chi connectivity index (χ1v) is 11.7. The molecule has 2 aromatic rings. The maximum Gasteiger partial charge on any atom is 0.339 e. The topological polar surface area (TPSA) is 101 Å². The molecule has 0 amide bonds. The van der Waals surface area contributed by atoms with E-state index in [4.69, 9.17) is 4.74 Å². The van der Waals surface area contributed by atoms with E-state index in [0.29, 0.717) is 53.6 Å². The number of methoxy groups -OCH3 is 1. The van der Waals surface area contributed by atoms with Gasteiger partial charge in [0, 0.05) is 5.69 Å². The quantitative estimate of drug-likeness (QED) is 0.503. The first-order chi connectivity index (χ1) is 14.6. The fourth-order valence-corrected chi connectivity index (χ4v) is 5.52. The van der Waals surface area contributed by atoms with Crippen molar-refractivity contribution in [2.45, 2.75) is 32.6 Å². The average Bonchev–Trinajstić information content (AvgIpc) is 3.04. The third-order valence-corrected chi connectivity index (χ3v) is 7.96. The molecule has 0 unspecified atom stereocenters. The van der Waals surface area contributed by atoms with Crippen LogP contribution in [-0.4, -0.2) is 69.3 Å². The SMILES string of the molecule is COC(=O)c1c(C)[nH]c(C(=O)C[NH+]2CCN(S(=O)(=O)c3ccc(C)c(C)c3)CC2)c1C. The third-order valence-electron chi connectivity index (χ3n) is 6.06. The largest absolute Gasteiger partial charge is 0.465 e. The molecule has 1 aromatic carbocycles. The molecule has 2 N–H and O–H groups in total. The van der Waals surface area contributed by atoms with Crippen LogP contribution < -0.4 is 4.90 Å². The summed E-state index contributed by atoms with van der Waals surface area (Å²) in [5.41, 5.74) is 3.99. The molecule has 3 rings (SSSR count). The molecule has 0 bridgehead atoms. The van der Waals surface area contributed by atoms with E-state index < -0.39 is 16.0 Å². The van der Waals surface area contributed by atoms with E-state index in [0.717, 1.165) is 16.0 Å². The summed E-state index contributed by atoms with van der Waals surface area (Å²) in [5.74, 6) is -0.570. The zero-order valence-electron chi connectivity index (χ0n) is 18.7. The molecule has 168 valence electrons. The van der Waals surface area contributed by atoms with E-state index in [9.17, 15) is 18.0 Å². The highest BCUT2D eigenvalue weighted by molar-refractivity contribution is 7.89. The van der Waals surface area contributed by atoms with Crippen LogP contribution in [0.15, 0.2) is 23.1 Å². The Hall–Kier alpha value is -2.49. The predicted octanol–water partition coefficient (Wildman–Crippen LogP) is 0.807. The lowest BCUT2D eigenvalue weighted by Gasteiger charge is -2.31. The summed E-state index contributed by atoms with van der Waals surface area (Å²) in [6.45, 7) is 9.34. The van der Waals surface area contributed by atoms with Crippen molar-refractivity contribution in [3.05, 3.63) is 51.8 Å². The number of hydrogen-bond donors (Lipinski definition) is 2. The van der Waals surface area contributed by atoms with Crippen LogP contribution in [0.2, 0.25) is 0 Å². The number of aromatic amines is 1. The summed E-state index contributed by atoms with van der Waals surface area (Å²) < 4.78 is 32.2. The summed E-state index contributed by atoms with van der Waals surface area (Å²) >= 11 is 0. The molecule has 1 aliphatic heterocycles. The maximum absolute atomic E-state index is 13.0. The molecular formula is C22H30N3O5S+. The molecule has 8 nitrogen and oxygen atoms in total. The highest BCUT2D eigenvalue weighted by Crippen LogP contribution is 2.20. The number of esters is 1. The summed E-state index contributed by atoms with van der Waals surface area (Å²) in [6, 6.07) is 5.18. The van der Waals surface area contributed by atoms with Crippen molar-refractivity contribution < 1.29 is 27.6 Å². The van der Waals surface area contributed by atoms with Crippen molar-refractivity contribution in [3.8, 4) is 0 Å². The smallest absolute Gasteiger partial charge is 0.339 e. The van der Waals surface area contributed by atoms with Gasteiger partial charge < -0.3 is 14.6 Å². The second-order valence-electron chi connectivity index (χ2n) is 8.12. The van der Waals surface area contributed by atoms with Gasteiger partial charge >= 0.3 is 5.97 Å². The van der Waals surface area contributed by atoms with Gasteiger partial charge in [0.1, 0.15) is 6.54 Å². The van der Waals surface area contributed by atoms with Gasteiger partial charge in [-0.15, -0.1) is 0 Å². The summed E-state index contributed by atoms with van der Waals surface area (Å²) in [7, 11) is -2.24. The Balaban J connectivity index is 1.66. The summed E-state index contributed by atoms with van der Waals surface area (Å²) in [5, 5.41) is 0. The van der Waals surface area contributed by atoms with Crippen LogP contribution in [0, 0.1) is 27.7 Å². The fourth-order valence-electron chi connectivity index (χ4n) is 4.00. The van der Waals surface area contributed by atoms with Crippen LogP contribution in [0.3, 0.4) is 0 Å². The lowest BCUT2D eigenvalue weighted by Crippen LogP contribution is -3.15. The van der Waals surface area contributed by atoms with E-state index in [1.807, 2.05) is 19.9 Å². The summed E-state index contributed by atoms with van der Waals surface area (Å²) in [6.07, 6.45) is 0. The Morgan fingerprint density at radius 1 is 1.10 bits per heavy atom. The molecule has 1 aromatic heterocycles. The first kappa shape index (κ1) is 23.2. The minimum absolute atomic E-state index is 0.101. The number of nitrogens with one attached hydrogen (secondary N) is 2. The van der Waals surface area contributed by atoms with E-state index in [2.05, 4.69) is 4.98 Å². The van der Waals surface area contributed by atoms with E-state index in [-0.39, 0.29) is 12.3 Å². The molecule has 1 aliphatic rings. The van der Waals surface area contributed by atoms with Crippen LogP contribution in [0.25, 0.3) is 0 Å². The number of aryl methyl sites for hydroxylation is 3. The molecule has 0 spiro atoms. The van der Waals surface area contributed by atoms with Gasteiger partial charge in [-0.3, -0.25) is 4.79 Å². The molecule has 9 heteroatoms. The number of ketones is 1. The maximum atomic E-state index is 13.0. The van der Waals surface area contributed by atoms with Crippen molar-refractivity contribution in [1.82, 2.24) is 9.29 Å². The van der Waals surface area contributed by atoms with Crippen LogP contribution in [0.1, 0.15) is 43.2 Å². The standard InChI is InChI=1S/C22H29N3O5S/c1-14-6-7-18(12-15(14)2)31(28,29)25-10-8-24(9-11-25)13-19(26)21-16(3)20(17(4)23-21)22(27)30-5/h6-7,12,23H,8-11,13H2,1-5H3/p+1. The van der Waals surface area contributed by atoms with Crippen molar-refractivity contribution in [2.24, 2.45) is 0 Å². The molecule has 0 atom stereocenters. The minimum Gasteiger partial charge on any atom is -0.465 e. The number of quaternary nitrogens is 1. The van der Waals surface area contributed by atoms with E-state index in [1.54, 1.807) is 26.0 Å². The first-order valence-electron chi connectivity index (χ1n) is 10.3. The number of rotatable bonds is 6. The number of carbonyl (C=O) groups excluding carboxylic acids is 2.